The van der Waals surface area contributed by atoms with E-state index in [4.69, 9.17) is 9.51 Å². The average Bonchev–Trinajstić information content (AvgIpc) is 3.43. The van der Waals surface area contributed by atoms with Gasteiger partial charge in [0.1, 0.15) is 17.9 Å². The minimum Gasteiger partial charge on any atom is -0.361 e. The molecule has 0 N–H and O–H groups in total. The first kappa shape index (κ1) is 23.7. The topological polar surface area (TPSA) is 89.9 Å². The zero-order chi connectivity index (χ0) is 25.7. The number of aryl methyl sites for hydroxylation is 2. The van der Waals surface area contributed by atoms with Gasteiger partial charge in [0.05, 0.1) is 40.9 Å². The number of imidazole rings is 1. The highest BCUT2D eigenvalue weighted by Crippen LogP contribution is 2.44. The van der Waals surface area contributed by atoms with Crippen molar-refractivity contribution in [2.24, 2.45) is 0 Å². The van der Waals surface area contributed by atoms with Crippen LogP contribution in [0.5, 0.6) is 0 Å². The van der Waals surface area contributed by atoms with Crippen molar-refractivity contribution in [3.05, 3.63) is 54.2 Å². The maximum absolute atomic E-state index is 14.1. The molecule has 1 saturated carbocycles. The number of carbonyl (C=O) groups is 1. The molecular formula is C27H28F2N6O2. The van der Waals surface area contributed by atoms with Gasteiger partial charge in [-0.2, -0.15) is 0 Å². The molecule has 2 aliphatic rings. The maximum atomic E-state index is 14.1. The Labute approximate surface area is 212 Å². The molecule has 0 radical (unpaired) electrons. The van der Waals surface area contributed by atoms with E-state index >= 15 is 0 Å². The number of benzene rings is 1. The monoisotopic (exact) mass is 506 g/mol. The molecule has 1 aromatic carbocycles. The van der Waals surface area contributed by atoms with Crippen LogP contribution in [0.1, 0.15) is 74.3 Å². The van der Waals surface area contributed by atoms with Crippen LogP contribution in [-0.2, 0) is 4.79 Å². The van der Waals surface area contributed by atoms with E-state index in [9.17, 15) is 13.6 Å². The van der Waals surface area contributed by atoms with Crippen LogP contribution in [0.15, 0.2) is 41.4 Å². The molecule has 2 fully saturated rings. The molecule has 6 rings (SSSR count). The zero-order valence-electron chi connectivity index (χ0n) is 20.8. The molecule has 10 heteroatoms. The van der Waals surface area contributed by atoms with Crippen molar-refractivity contribution in [3.8, 4) is 11.1 Å². The van der Waals surface area contributed by atoms with Crippen LogP contribution in [0.25, 0.3) is 22.2 Å². The summed E-state index contributed by atoms with van der Waals surface area (Å²) in [4.78, 5) is 28.2. The molecule has 0 spiro atoms. The van der Waals surface area contributed by atoms with Gasteiger partial charge in [-0.3, -0.25) is 9.69 Å². The van der Waals surface area contributed by atoms with E-state index in [1.54, 1.807) is 17.3 Å². The fraction of sp³-hybridized carbons (Fsp3) is 0.444. The number of fused-ring (bicyclic) bond motifs is 1. The lowest BCUT2D eigenvalue weighted by atomic mass is 9.91. The van der Waals surface area contributed by atoms with Gasteiger partial charge < -0.3 is 9.09 Å². The summed E-state index contributed by atoms with van der Waals surface area (Å²) in [6, 6.07) is 5.53. The molecule has 4 aromatic rings. The summed E-state index contributed by atoms with van der Waals surface area (Å²) in [7, 11) is 0. The molecule has 1 aliphatic carbocycles. The molecule has 0 bridgehead atoms. The minimum atomic E-state index is -2.64. The molecule has 1 unspecified atom stereocenters. The van der Waals surface area contributed by atoms with Crippen LogP contribution in [0.4, 0.5) is 14.5 Å². The van der Waals surface area contributed by atoms with E-state index < -0.39 is 5.92 Å². The van der Waals surface area contributed by atoms with Crippen LogP contribution in [0, 0.1) is 13.8 Å². The number of hydrogen-bond donors (Lipinski definition) is 0. The Morgan fingerprint density at radius 2 is 1.84 bits per heavy atom. The van der Waals surface area contributed by atoms with Gasteiger partial charge in [0.25, 0.3) is 0 Å². The Morgan fingerprint density at radius 3 is 2.54 bits per heavy atom. The standard InChI is InChI=1S/C27H28F2N6O2/c1-16-25(17(2)37-33-16)18-6-7-22-21(12-18)32-26(35(22)19-8-10-27(28,29)11-9-19)23-4-3-5-24(36)34(23)20-13-30-15-31-14-20/h6-7,12-15,19,23H,3-5,8-11H2,1-2H3. The summed E-state index contributed by atoms with van der Waals surface area (Å²) in [6.45, 7) is 3.77. The quantitative estimate of drug-likeness (QED) is 0.332. The third-order valence-corrected chi connectivity index (χ3v) is 7.66. The second-order valence-electron chi connectivity index (χ2n) is 10.1. The van der Waals surface area contributed by atoms with Crippen molar-refractivity contribution in [2.75, 3.05) is 4.90 Å². The third kappa shape index (κ3) is 4.18. The largest absolute Gasteiger partial charge is 0.361 e. The van der Waals surface area contributed by atoms with Crippen LogP contribution in [0.2, 0.25) is 0 Å². The summed E-state index contributed by atoms with van der Waals surface area (Å²) < 4.78 is 35.7. The third-order valence-electron chi connectivity index (χ3n) is 7.66. The van der Waals surface area contributed by atoms with Gasteiger partial charge in [-0.15, -0.1) is 0 Å². The number of halogens is 2. The summed E-state index contributed by atoms with van der Waals surface area (Å²) >= 11 is 0. The molecule has 192 valence electrons. The molecule has 1 saturated heterocycles. The van der Waals surface area contributed by atoms with Crippen molar-refractivity contribution < 1.29 is 18.1 Å². The van der Waals surface area contributed by atoms with Crippen molar-refractivity contribution in [1.29, 1.82) is 0 Å². The van der Waals surface area contributed by atoms with Gasteiger partial charge in [-0.1, -0.05) is 11.2 Å². The Kier molecular flexibility index (Phi) is 5.77. The molecular weight excluding hydrogens is 478 g/mol. The van der Waals surface area contributed by atoms with Gasteiger partial charge in [-0.25, -0.2) is 23.7 Å². The smallest absolute Gasteiger partial charge is 0.248 e. The Bertz CT molecular complexity index is 1440. The lowest BCUT2D eigenvalue weighted by Gasteiger charge is -2.37. The van der Waals surface area contributed by atoms with E-state index in [0.29, 0.717) is 31.4 Å². The Hall–Kier alpha value is -3.69. The van der Waals surface area contributed by atoms with E-state index in [0.717, 1.165) is 45.9 Å². The van der Waals surface area contributed by atoms with Gasteiger partial charge in [0.2, 0.25) is 11.8 Å². The number of amides is 1. The molecule has 3 aromatic heterocycles. The maximum Gasteiger partial charge on any atom is 0.248 e. The Morgan fingerprint density at radius 1 is 1.08 bits per heavy atom. The SMILES string of the molecule is Cc1noc(C)c1-c1ccc2c(c1)nc(C1CCCC(=O)N1c1cncnc1)n2C1CCC(F)(F)CC1. The lowest BCUT2D eigenvalue weighted by Crippen LogP contribution is -2.40. The number of aromatic nitrogens is 5. The van der Waals surface area contributed by atoms with Crippen LogP contribution in [-0.4, -0.2) is 36.5 Å². The predicted octanol–water partition coefficient (Wildman–Crippen LogP) is 6.11. The first-order valence-corrected chi connectivity index (χ1v) is 12.7. The highest BCUT2D eigenvalue weighted by atomic mass is 19.3. The van der Waals surface area contributed by atoms with Crippen LogP contribution >= 0.6 is 0 Å². The Balaban J connectivity index is 1.51. The lowest BCUT2D eigenvalue weighted by molar-refractivity contribution is -0.120. The van der Waals surface area contributed by atoms with Crippen molar-refractivity contribution in [1.82, 2.24) is 24.7 Å². The number of carbonyl (C=O) groups excluding carboxylic acids is 1. The predicted molar refractivity (Wildman–Crippen MR) is 133 cm³/mol. The average molecular weight is 507 g/mol. The summed E-state index contributed by atoms with van der Waals surface area (Å²) in [5.74, 6) is -1.22. The van der Waals surface area contributed by atoms with Gasteiger partial charge >= 0.3 is 0 Å². The second kappa shape index (κ2) is 9.00. The van der Waals surface area contributed by atoms with E-state index in [-0.39, 0.29) is 30.8 Å². The number of anilines is 1. The molecule has 8 nitrogen and oxygen atoms in total. The zero-order valence-corrected chi connectivity index (χ0v) is 20.8. The normalized spacial score (nSPS) is 20.6. The number of nitrogens with zero attached hydrogens (tertiary/aromatic N) is 6. The van der Waals surface area contributed by atoms with Crippen LogP contribution < -0.4 is 4.90 Å². The summed E-state index contributed by atoms with van der Waals surface area (Å²) in [6.07, 6.45) is 6.95. The van der Waals surface area contributed by atoms with Gasteiger partial charge in [0, 0.05) is 30.9 Å². The van der Waals surface area contributed by atoms with E-state index in [2.05, 4.69) is 19.7 Å². The van der Waals surface area contributed by atoms with E-state index in [1.165, 1.54) is 6.33 Å². The van der Waals surface area contributed by atoms with Crippen LogP contribution in [0.3, 0.4) is 0 Å². The first-order chi connectivity index (χ1) is 17.8. The van der Waals surface area contributed by atoms with Crippen molar-refractivity contribution in [3.63, 3.8) is 0 Å². The van der Waals surface area contributed by atoms with Gasteiger partial charge in [0.15, 0.2) is 0 Å². The number of alkyl halides is 2. The minimum absolute atomic E-state index is 0.0174. The number of rotatable bonds is 4. The number of piperidine rings is 1. The van der Waals surface area contributed by atoms with Crippen molar-refractivity contribution >= 4 is 22.6 Å². The fourth-order valence-corrected chi connectivity index (χ4v) is 5.92. The van der Waals surface area contributed by atoms with E-state index in [1.807, 2.05) is 32.0 Å². The highest BCUT2D eigenvalue weighted by Gasteiger charge is 2.39. The van der Waals surface area contributed by atoms with Gasteiger partial charge in [-0.05, 0) is 57.2 Å². The number of hydrogen-bond acceptors (Lipinski definition) is 6. The first-order valence-electron chi connectivity index (χ1n) is 12.7. The fourth-order valence-electron chi connectivity index (χ4n) is 5.92. The highest BCUT2D eigenvalue weighted by molar-refractivity contribution is 5.94. The summed E-state index contributed by atoms with van der Waals surface area (Å²) in [5.41, 5.74) is 4.89. The molecule has 1 amide bonds. The van der Waals surface area contributed by atoms with Crippen molar-refractivity contribution in [2.45, 2.75) is 76.8 Å². The molecule has 1 aliphatic heterocycles. The second-order valence-corrected chi connectivity index (χ2v) is 10.1. The molecule has 4 heterocycles. The molecule has 1 atom stereocenters. The summed E-state index contributed by atoms with van der Waals surface area (Å²) in [5, 5.41) is 4.08. The molecule has 37 heavy (non-hydrogen) atoms.